The van der Waals surface area contributed by atoms with Crippen LogP contribution in [0, 0.1) is 0 Å². The molecule has 0 spiro atoms. The van der Waals surface area contributed by atoms with Crippen LogP contribution in [0.2, 0.25) is 0 Å². The van der Waals surface area contributed by atoms with Crippen molar-refractivity contribution >= 4 is 16.9 Å². The molecule has 41 heavy (non-hydrogen) atoms. The average molecular weight is 551 g/mol. The summed E-state index contributed by atoms with van der Waals surface area (Å²) >= 11 is 0. The minimum atomic E-state index is -0.108. The molecule has 5 aromatic rings. The lowest BCUT2D eigenvalue weighted by Crippen LogP contribution is -2.40. The first kappa shape index (κ1) is 26.7. The van der Waals surface area contributed by atoms with Crippen LogP contribution in [0.25, 0.3) is 11.0 Å². The molecule has 1 N–H and O–H groups in total. The lowest BCUT2D eigenvalue weighted by Gasteiger charge is -2.32. The van der Waals surface area contributed by atoms with E-state index in [2.05, 4.69) is 28.1 Å². The molecule has 1 saturated heterocycles. The van der Waals surface area contributed by atoms with Gasteiger partial charge in [-0.1, -0.05) is 54.6 Å². The second-order valence-electron chi connectivity index (χ2n) is 10.6. The highest BCUT2D eigenvalue weighted by Gasteiger charge is 2.28. The Morgan fingerprint density at radius 3 is 2.44 bits per heavy atom. The number of likely N-dealkylation sites (tertiary alicyclic amines) is 1. The Hall–Kier alpha value is -4.56. The van der Waals surface area contributed by atoms with E-state index < -0.39 is 0 Å². The number of methoxy groups -OCH3 is 1. The summed E-state index contributed by atoms with van der Waals surface area (Å²) in [5.74, 6) is 1.81. The van der Waals surface area contributed by atoms with Gasteiger partial charge in [-0.2, -0.15) is 0 Å². The number of hydrogen-bond acceptors (Lipinski definition) is 5. The van der Waals surface area contributed by atoms with Gasteiger partial charge in [0, 0.05) is 32.2 Å². The van der Waals surface area contributed by atoms with Crippen LogP contribution in [0.1, 0.15) is 46.3 Å². The Morgan fingerprint density at radius 1 is 0.902 bits per heavy atom. The Morgan fingerprint density at radius 2 is 1.63 bits per heavy atom. The van der Waals surface area contributed by atoms with Crippen molar-refractivity contribution < 1.29 is 13.9 Å². The van der Waals surface area contributed by atoms with Crippen LogP contribution in [-0.2, 0) is 19.6 Å². The molecule has 3 aromatic carbocycles. The number of nitrogens with zero attached hydrogens (tertiary/aromatic N) is 3. The summed E-state index contributed by atoms with van der Waals surface area (Å²) in [6.45, 7) is 3.15. The number of piperidine rings is 1. The fraction of sp³-hybridized carbons (Fsp3) is 0.273. The molecule has 2 aromatic heterocycles. The fourth-order valence-corrected chi connectivity index (χ4v) is 5.76. The molecule has 8 nitrogen and oxygen atoms in total. The van der Waals surface area contributed by atoms with E-state index in [0.717, 1.165) is 34.7 Å². The van der Waals surface area contributed by atoms with Crippen molar-refractivity contribution in [3.63, 3.8) is 0 Å². The molecule has 0 bridgehead atoms. The number of aromatic amines is 1. The first-order valence-corrected chi connectivity index (χ1v) is 14.0. The number of H-pyrrole nitrogens is 1. The van der Waals surface area contributed by atoms with Crippen molar-refractivity contribution in [1.82, 2.24) is 19.4 Å². The number of amides is 1. The molecule has 0 unspecified atom stereocenters. The lowest BCUT2D eigenvalue weighted by molar-refractivity contribution is 0.0658. The van der Waals surface area contributed by atoms with Crippen LogP contribution in [0.3, 0.4) is 0 Å². The smallest absolute Gasteiger partial charge is 0.326 e. The number of hydrogen-bond donors (Lipinski definition) is 1. The standard InChI is InChI=1S/C33H34N4O4/c1-40-27-11-7-10-25(20-27)22-35(21-24-8-3-2-4-9-24)23-28-14-15-31(41-28)32(38)36-18-16-26(17-19-36)37-30-13-6-5-12-29(30)34-33(37)39/h2-15,20,26H,16-19,21-23H2,1H3,(H,34,39). The molecule has 1 aliphatic rings. The SMILES string of the molecule is COc1cccc(CN(Cc2ccccc2)Cc2ccc(C(=O)N3CCC(n4c(=O)[nH]c5ccccc54)CC3)o2)c1. The summed E-state index contributed by atoms with van der Waals surface area (Å²) in [5.41, 5.74) is 4.00. The number of imidazole rings is 1. The Labute approximate surface area is 238 Å². The maximum Gasteiger partial charge on any atom is 0.326 e. The predicted molar refractivity (Wildman–Crippen MR) is 158 cm³/mol. The van der Waals surface area contributed by atoms with Gasteiger partial charge in [0.05, 0.1) is 24.7 Å². The molecule has 0 radical (unpaired) electrons. The van der Waals surface area contributed by atoms with Crippen LogP contribution in [0.4, 0.5) is 0 Å². The van der Waals surface area contributed by atoms with Gasteiger partial charge in [-0.25, -0.2) is 4.79 Å². The third-order valence-electron chi connectivity index (χ3n) is 7.78. The molecule has 1 aliphatic heterocycles. The summed E-state index contributed by atoms with van der Waals surface area (Å²) in [7, 11) is 1.67. The third-order valence-corrected chi connectivity index (χ3v) is 7.78. The minimum Gasteiger partial charge on any atom is -0.497 e. The van der Waals surface area contributed by atoms with Gasteiger partial charge in [0.2, 0.25) is 0 Å². The number of fused-ring (bicyclic) bond motifs is 1. The number of carbonyl (C=O) groups is 1. The van der Waals surface area contributed by atoms with Crippen molar-refractivity contribution in [3.8, 4) is 5.75 Å². The number of carbonyl (C=O) groups excluding carboxylic acids is 1. The zero-order valence-electron chi connectivity index (χ0n) is 23.2. The molecule has 6 rings (SSSR count). The highest BCUT2D eigenvalue weighted by Crippen LogP contribution is 2.26. The molecular weight excluding hydrogens is 516 g/mol. The van der Waals surface area contributed by atoms with Crippen molar-refractivity contribution in [2.45, 2.75) is 38.5 Å². The van der Waals surface area contributed by atoms with Gasteiger partial charge in [0.25, 0.3) is 5.91 Å². The first-order valence-electron chi connectivity index (χ1n) is 14.0. The van der Waals surface area contributed by atoms with E-state index in [4.69, 9.17) is 9.15 Å². The summed E-state index contributed by atoms with van der Waals surface area (Å²) in [5, 5.41) is 0. The monoisotopic (exact) mass is 550 g/mol. The van der Waals surface area contributed by atoms with Gasteiger partial charge in [-0.15, -0.1) is 0 Å². The summed E-state index contributed by atoms with van der Waals surface area (Å²) in [6, 6.07) is 29.9. The van der Waals surface area contributed by atoms with Gasteiger partial charge in [-0.05, 0) is 60.4 Å². The van der Waals surface area contributed by atoms with E-state index in [0.29, 0.717) is 44.8 Å². The van der Waals surface area contributed by atoms with Crippen molar-refractivity contribution in [3.05, 3.63) is 124 Å². The van der Waals surface area contributed by atoms with Crippen LogP contribution in [0.15, 0.2) is 100 Å². The Bertz CT molecular complexity index is 1680. The molecular formula is C33H34N4O4. The number of aromatic nitrogens is 2. The fourth-order valence-electron chi connectivity index (χ4n) is 5.76. The molecule has 0 aliphatic carbocycles. The maximum absolute atomic E-state index is 13.4. The van der Waals surface area contributed by atoms with E-state index >= 15 is 0 Å². The van der Waals surface area contributed by atoms with Gasteiger partial charge in [0.15, 0.2) is 5.76 Å². The number of furan rings is 1. The predicted octanol–water partition coefficient (Wildman–Crippen LogP) is 5.61. The molecule has 1 fully saturated rings. The molecule has 1 amide bonds. The number of nitrogens with one attached hydrogen (secondary N) is 1. The molecule has 0 saturated carbocycles. The highest BCUT2D eigenvalue weighted by molar-refractivity contribution is 5.91. The van der Waals surface area contributed by atoms with Gasteiger partial charge >= 0.3 is 5.69 Å². The van der Waals surface area contributed by atoms with Gasteiger partial charge in [0.1, 0.15) is 11.5 Å². The van der Waals surface area contributed by atoms with Gasteiger partial charge in [-0.3, -0.25) is 14.3 Å². The van der Waals surface area contributed by atoms with Gasteiger partial charge < -0.3 is 19.0 Å². The minimum absolute atomic E-state index is 0.0537. The number of benzene rings is 3. The summed E-state index contributed by atoms with van der Waals surface area (Å²) in [6.07, 6.45) is 1.43. The van der Waals surface area contributed by atoms with E-state index in [1.165, 1.54) is 5.56 Å². The quantitative estimate of drug-likeness (QED) is 0.258. The van der Waals surface area contributed by atoms with Crippen LogP contribution < -0.4 is 10.4 Å². The largest absolute Gasteiger partial charge is 0.497 e. The second kappa shape index (κ2) is 11.9. The summed E-state index contributed by atoms with van der Waals surface area (Å²) in [4.78, 5) is 33.0. The van der Waals surface area contributed by atoms with E-state index in [9.17, 15) is 9.59 Å². The zero-order chi connectivity index (χ0) is 28.2. The topological polar surface area (TPSA) is 83.7 Å². The Balaban J connectivity index is 1.12. The average Bonchev–Trinajstić information content (AvgIpc) is 3.61. The Kier molecular flexibility index (Phi) is 7.73. The van der Waals surface area contributed by atoms with Crippen LogP contribution >= 0.6 is 0 Å². The maximum atomic E-state index is 13.4. The van der Waals surface area contributed by atoms with Crippen LogP contribution in [0.5, 0.6) is 5.75 Å². The van der Waals surface area contributed by atoms with E-state index in [-0.39, 0.29) is 17.6 Å². The number of rotatable bonds is 9. The van der Waals surface area contributed by atoms with Crippen molar-refractivity contribution in [2.75, 3.05) is 20.2 Å². The highest BCUT2D eigenvalue weighted by atomic mass is 16.5. The van der Waals surface area contributed by atoms with Crippen molar-refractivity contribution in [1.29, 1.82) is 0 Å². The molecule has 210 valence electrons. The third kappa shape index (κ3) is 5.98. The molecule has 3 heterocycles. The lowest BCUT2D eigenvalue weighted by atomic mass is 10.0. The van der Waals surface area contributed by atoms with Crippen molar-refractivity contribution in [2.24, 2.45) is 0 Å². The second-order valence-corrected chi connectivity index (χ2v) is 10.6. The number of ether oxygens (including phenoxy) is 1. The normalized spacial score (nSPS) is 14.1. The number of para-hydroxylation sites is 2. The van der Waals surface area contributed by atoms with E-state index in [1.54, 1.807) is 13.2 Å². The first-order chi connectivity index (χ1) is 20.1. The zero-order valence-corrected chi connectivity index (χ0v) is 23.2. The van der Waals surface area contributed by atoms with Crippen LogP contribution in [-0.4, -0.2) is 45.5 Å². The summed E-state index contributed by atoms with van der Waals surface area (Å²) < 4.78 is 13.4. The molecule has 8 heteroatoms. The van der Waals surface area contributed by atoms with E-state index in [1.807, 2.05) is 76.2 Å². The molecule has 0 atom stereocenters.